The second-order valence-corrected chi connectivity index (χ2v) is 7.28. The van der Waals surface area contributed by atoms with E-state index >= 15 is 0 Å². The van der Waals surface area contributed by atoms with Gasteiger partial charge < -0.3 is 14.5 Å². The summed E-state index contributed by atoms with van der Waals surface area (Å²) in [5, 5.41) is 10.7. The fourth-order valence-corrected chi connectivity index (χ4v) is 3.03. The van der Waals surface area contributed by atoms with E-state index in [0.29, 0.717) is 22.4 Å². The molecule has 0 aliphatic heterocycles. The number of rotatable bonds is 7. The standard InChI is InChI=1S/C20H19N3O4S/c1-12(24)14-4-8-16(9-5-14)21-18(25)13(2)28-20-23-22-19(27-20)15-6-10-17(26-3)11-7-15/h4-11,13H,1-3H3,(H,21,25)/t13-/m0/s1. The van der Waals surface area contributed by atoms with Gasteiger partial charge in [0.05, 0.1) is 12.4 Å². The van der Waals surface area contributed by atoms with Crippen molar-refractivity contribution in [2.24, 2.45) is 0 Å². The average Bonchev–Trinajstić information content (AvgIpc) is 3.17. The number of ether oxygens (including phenoxy) is 1. The quantitative estimate of drug-likeness (QED) is 0.474. The number of hydrogen-bond acceptors (Lipinski definition) is 7. The summed E-state index contributed by atoms with van der Waals surface area (Å²) in [5.74, 6) is 0.882. The molecule has 1 atom stereocenters. The maximum atomic E-state index is 12.4. The van der Waals surface area contributed by atoms with Crippen LogP contribution in [0.2, 0.25) is 0 Å². The van der Waals surface area contributed by atoms with Crippen LogP contribution < -0.4 is 10.1 Å². The Morgan fingerprint density at radius 2 is 1.75 bits per heavy atom. The van der Waals surface area contributed by atoms with Crippen molar-refractivity contribution in [3.05, 3.63) is 54.1 Å². The monoisotopic (exact) mass is 397 g/mol. The number of nitrogens with zero attached hydrogens (tertiary/aromatic N) is 2. The van der Waals surface area contributed by atoms with Crippen LogP contribution in [0.1, 0.15) is 24.2 Å². The molecule has 0 aliphatic rings. The molecule has 1 heterocycles. The van der Waals surface area contributed by atoms with Gasteiger partial charge in [-0.05, 0) is 62.4 Å². The molecule has 1 aromatic heterocycles. The maximum absolute atomic E-state index is 12.4. The zero-order valence-corrected chi connectivity index (χ0v) is 16.4. The van der Waals surface area contributed by atoms with Crippen LogP contribution in [0.25, 0.3) is 11.5 Å². The number of benzene rings is 2. The number of thioether (sulfide) groups is 1. The summed E-state index contributed by atoms with van der Waals surface area (Å²) < 4.78 is 10.8. The van der Waals surface area contributed by atoms with E-state index in [-0.39, 0.29) is 11.7 Å². The molecular weight excluding hydrogens is 378 g/mol. The zero-order valence-electron chi connectivity index (χ0n) is 15.6. The lowest BCUT2D eigenvalue weighted by atomic mass is 10.1. The highest BCUT2D eigenvalue weighted by molar-refractivity contribution is 8.00. The number of aromatic nitrogens is 2. The molecule has 3 rings (SSSR count). The molecule has 0 radical (unpaired) electrons. The number of amides is 1. The van der Waals surface area contributed by atoms with Crippen LogP contribution in [0.3, 0.4) is 0 Å². The number of methoxy groups -OCH3 is 1. The SMILES string of the molecule is COc1ccc(-c2nnc(S[C@@H](C)C(=O)Nc3ccc(C(C)=O)cc3)o2)cc1. The molecule has 28 heavy (non-hydrogen) atoms. The Morgan fingerprint density at radius 3 is 2.36 bits per heavy atom. The molecule has 0 unspecified atom stereocenters. The highest BCUT2D eigenvalue weighted by Crippen LogP contribution is 2.27. The van der Waals surface area contributed by atoms with E-state index in [1.54, 1.807) is 50.4 Å². The Morgan fingerprint density at radius 1 is 1.07 bits per heavy atom. The van der Waals surface area contributed by atoms with Gasteiger partial charge in [0.15, 0.2) is 5.78 Å². The smallest absolute Gasteiger partial charge is 0.277 e. The van der Waals surface area contributed by atoms with Crippen molar-refractivity contribution in [3.8, 4) is 17.2 Å². The third-order valence-corrected chi connectivity index (χ3v) is 4.88. The van der Waals surface area contributed by atoms with Gasteiger partial charge in [0.1, 0.15) is 5.75 Å². The first-order valence-electron chi connectivity index (χ1n) is 8.52. The maximum Gasteiger partial charge on any atom is 0.277 e. The van der Waals surface area contributed by atoms with E-state index < -0.39 is 5.25 Å². The molecule has 2 aromatic carbocycles. The van der Waals surface area contributed by atoms with Gasteiger partial charge >= 0.3 is 0 Å². The first-order valence-corrected chi connectivity index (χ1v) is 9.40. The fraction of sp³-hybridized carbons (Fsp3) is 0.200. The van der Waals surface area contributed by atoms with Gasteiger partial charge in [-0.15, -0.1) is 10.2 Å². The molecular formula is C20H19N3O4S. The number of carbonyl (C=O) groups is 2. The van der Waals surface area contributed by atoms with Crippen molar-refractivity contribution < 1.29 is 18.7 Å². The van der Waals surface area contributed by atoms with E-state index in [2.05, 4.69) is 15.5 Å². The molecule has 7 nitrogen and oxygen atoms in total. The molecule has 3 aromatic rings. The summed E-state index contributed by atoms with van der Waals surface area (Å²) >= 11 is 1.17. The first-order chi connectivity index (χ1) is 13.5. The van der Waals surface area contributed by atoms with Crippen molar-refractivity contribution in [2.45, 2.75) is 24.3 Å². The molecule has 1 amide bonds. The molecule has 0 saturated heterocycles. The molecule has 0 aliphatic carbocycles. The minimum atomic E-state index is -0.448. The largest absolute Gasteiger partial charge is 0.497 e. The summed E-state index contributed by atoms with van der Waals surface area (Å²) in [5.41, 5.74) is 1.98. The molecule has 144 valence electrons. The molecule has 8 heteroatoms. The second-order valence-electron chi connectivity index (χ2n) is 5.98. The number of hydrogen-bond donors (Lipinski definition) is 1. The number of nitrogens with one attached hydrogen (secondary N) is 1. The highest BCUT2D eigenvalue weighted by atomic mass is 32.2. The minimum absolute atomic E-state index is 0.0224. The Hall–Kier alpha value is -3.13. The minimum Gasteiger partial charge on any atom is -0.497 e. The summed E-state index contributed by atoms with van der Waals surface area (Å²) in [6.07, 6.45) is 0. The summed E-state index contributed by atoms with van der Waals surface area (Å²) in [6.45, 7) is 3.25. The van der Waals surface area contributed by atoms with E-state index in [0.717, 1.165) is 11.3 Å². The van der Waals surface area contributed by atoms with Crippen LogP contribution >= 0.6 is 11.8 Å². The van der Waals surface area contributed by atoms with Crippen LogP contribution in [0, 0.1) is 0 Å². The predicted molar refractivity (Wildman–Crippen MR) is 107 cm³/mol. The van der Waals surface area contributed by atoms with Gasteiger partial charge in [-0.1, -0.05) is 11.8 Å². The van der Waals surface area contributed by atoms with Crippen LogP contribution in [-0.4, -0.2) is 34.2 Å². The van der Waals surface area contributed by atoms with Crippen LogP contribution in [0.4, 0.5) is 5.69 Å². The molecule has 1 N–H and O–H groups in total. The summed E-state index contributed by atoms with van der Waals surface area (Å²) in [4.78, 5) is 23.7. The van der Waals surface area contributed by atoms with Crippen LogP contribution in [0.15, 0.2) is 58.2 Å². The fourth-order valence-electron chi connectivity index (χ4n) is 2.34. The first kappa shape index (κ1) is 19.6. The van der Waals surface area contributed by atoms with Gasteiger partial charge in [0, 0.05) is 16.8 Å². The lowest BCUT2D eigenvalue weighted by Crippen LogP contribution is -2.22. The second kappa shape index (κ2) is 8.71. The Labute approximate surface area is 166 Å². The Balaban J connectivity index is 1.60. The number of carbonyl (C=O) groups excluding carboxylic acids is 2. The molecule has 0 saturated carbocycles. The van der Waals surface area contributed by atoms with Crippen molar-refractivity contribution in [1.29, 1.82) is 0 Å². The van der Waals surface area contributed by atoms with Crippen molar-refractivity contribution in [1.82, 2.24) is 10.2 Å². The highest BCUT2D eigenvalue weighted by Gasteiger charge is 2.19. The number of ketones is 1. The third-order valence-electron chi connectivity index (χ3n) is 3.95. The Kier molecular flexibility index (Phi) is 6.10. The molecule has 0 spiro atoms. The topological polar surface area (TPSA) is 94.3 Å². The summed E-state index contributed by atoms with van der Waals surface area (Å²) in [6, 6.07) is 14.0. The van der Waals surface area contributed by atoms with Crippen LogP contribution in [-0.2, 0) is 4.79 Å². The van der Waals surface area contributed by atoms with Crippen molar-refractivity contribution >= 4 is 29.1 Å². The van der Waals surface area contributed by atoms with Gasteiger partial charge in [-0.2, -0.15) is 0 Å². The summed E-state index contributed by atoms with van der Waals surface area (Å²) in [7, 11) is 1.60. The van der Waals surface area contributed by atoms with E-state index in [9.17, 15) is 9.59 Å². The van der Waals surface area contributed by atoms with E-state index in [1.807, 2.05) is 12.1 Å². The van der Waals surface area contributed by atoms with E-state index in [4.69, 9.17) is 9.15 Å². The van der Waals surface area contributed by atoms with Crippen molar-refractivity contribution in [3.63, 3.8) is 0 Å². The normalized spacial score (nSPS) is 11.7. The molecule has 0 fully saturated rings. The molecule has 0 bridgehead atoms. The number of anilines is 1. The third kappa shape index (κ3) is 4.77. The van der Waals surface area contributed by atoms with Crippen molar-refractivity contribution in [2.75, 3.05) is 12.4 Å². The van der Waals surface area contributed by atoms with Crippen LogP contribution in [0.5, 0.6) is 5.75 Å². The predicted octanol–water partition coefficient (Wildman–Crippen LogP) is 4.07. The van der Waals surface area contributed by atoms with Gasteiger partial charge in [0.2, 0.25) is 11.8 Å². The van der Waals surface area contributed by atoms with Gasteiger partial charge in [-0.25, -0.2) is 0 Å². The van der Waals surface area contributed by atoms with E-state index in [1.165, 1.54) is 18.7 Å². The number of Topliss-reactive ketones (excluding diaryl/α,β-unsaturated/α-hetero) is 1. The van der Waals surface area contributed by atoms with Gasteiger partial charge in [0.25, 0.3) is 5.22 Å². The lowest BCUT2D eigenvalue weighted by molar-refractivity contribution is -0.115. The lowest BCUT2D eigenvalue weighted by Gasteiger charge is -2.10. The van der Waals surface area contributed by atoms with Gasteiger partial charge in [-0.3, -0.25) is 9.59 Å². The zero-order chi connectivity index (χ0) is 20.1. The average molecular weight is 397 g/mol. The Bertz CT molecular complexity index is 968.